The van der Waals surface area contributed by atoms with Crippen molar-refractivity contribution in [3.05, 3.63) is 46.0 Å². The number of nitrogens with zero attached hydrogens (tertiary/aromatic N) is 6. The van der Waals surface area contributed by atoms with Gasteiger partial charge in [0.25, 0.3) is 11.7 Å². The minimum atomic E-state index is -0.409. The lowest BCUT2D eigenvalue weighted by atomic mass is 10.1. The van der Waals surface area contributed by atoms with Gasteiger partial charge >= 0.3 is 5.97 Å². The Balaban J connectivity index is 1.43. The second-order valence-electron chi connectivity index (χ2n) is 5.59. The molecule has 132 valence electrons. The van der Waals surface area contributed by atoms with Crippen molar-refractivity contribution in [3.63, 3.8) is 0 Å². The van der Waals surface area contributed by atoms with Gasteiger partial charge in [-0.05, 0) is 25.3 Å². The number of thiophene rings is 1. The molecule has 4 aromatic heterocycles. The van der Waals surface area contributed by atoms with Gasteiger partial charge in [-0.3, -0.25) is 4.79 Å². The summed E-state index contributed by atoms with van der Waals surface area (Å²) in [5, 5.41) is 11.8. The van der Waals surface area contributed by atoms with Crippen LogP contribution in [-0.2, 0) is 22.6 Å². The molecule has 0 atom stereocenters. The maximum absolute atomic E-state index is 12.2. The Hall–Kier alpha value is -3.14. The van der Waals surface area contributed by atoms with Crippen molar-refractivity contribution in [2.45, 2.75) is 26.9 Å². The van der Waals surface area contributed by atoms with Crippen LogP contribution in [0.4, 0.5) is 0 Å². The van der Waals surface area contributed by atoms with Gasteiger partial charge in [0.2, 0.25) is 5.82 Å². The molecule has 0 amide bonds. The molecule has 0 unspecified atom stereocenters. The molecule has 4 aromatic rings. The lowest BCUT2D eigenvalue weighted by molar-refractivity contribution is -0.144. The summed E-state index contributed by atoms with van der Waals surface area (Å²) in [5.74, 6) is 0.819. The van der Waals surface area contributed by atoms with Gasteiger partial charge in [-0.25, -0.2) is 9.50 Å². The Morgan fingerprint density at radius 1 is 1.35 bits per heavy atom. The third kappa shape index (κ3) is 3.06. The first-order chi connectivity index (χ1) is 12.6. The molecule has 0 aromatic carbocycles. The van der Waals surface area contributed by atoms with Gasteiger partial charge in [-0.2, -0.15) is 26.4 Å². The summed E-state index contributed by atoms with van der Waals surface area (Å²) in [6.07, 6.45) is 1.50. The second-order valence-corrected chi connectivity index (χ2v) is 6.37. The third-order valence-corrected chi connectivity index (χ3v) is 4.60. The zero-order valence-corrected chi connectivity index (χ0v) is 14.9. The molecule has 0 spiro atoms. The molecule has 0 N–H and O–H groups in total. The smallest absolute Gasteiger partial charge is 0.310 e. The van der Waals surface area contributed by atoms with Crippen LogP contribution >= 0.6 is 11.3 Å². The van der Waals surface area contributed by atoms with Crippen molar-refractivity contribution < 1.29 is 14.1 Å². The highest BCUT2D eigenvalue weighted by atomic mass is 32.1. The van der Waals surface area contributed by atoms with E-state index in [1.807, 2.05) is 30.7 Å². The number of ether oxygens (including phenoxy) is 1. The van der Waals surface area contributed by atoms with Gasteiger partial charge in [0.15, 0.2) is 6.61 Å². The molecular formula is C16H14N6O3S. The Labute approximate surface area is 151 Å². The number of fused-ring (bicyclic) bond motifs is 1. The number of carbonyl (C=O) groups excluding carboxylic acids is 1. The summed E-state index contributed by atoms with van der Waals surface area (Å²) in [6.45, 7) is 3.62. The van der Waals surface area contributed by atoms with E-state index in [9.17, 15) is 4.79 Å². The monoisotopic (exact) mass is 370 g/mol. The summed E-state index contributed by atoms with van der Waals surface area (Å²) < 4.78 is 12.0. The maximum atomic E-state index is 12.2. The van der Waals surface area contributed by atoms with Crippen LogP contribution in [0.5, 0.6) is 0 Å². The normalized spacial score (nSPS) is 11.2. The van der Waals surface area contributed by atoms with Gasteiger partial charge in [-0.1, -0.05) is 5.16 Å². The Kier molecular flexibility index (Phi) is 4.17. The van der Waals surface area contributed by atoms with E-state index in [0.717, 1.165) is 22.5 Å². The van der Waals surface area contributed by atoms with Crippen LogP contribution in [0.15, 0.2) is 27.7 Å². The quantitative estimate of drug-likeness (QED) is 0.492. The molecule has 0 aliphatic carbocycles. The fourth-order valence-electron chi connectivity index (χ4n) is 2.57. The van der Waals surface area contributed by atoms with E-state index >= 15 is 0 Å². The predicted molar refractivity (Wildman–Crippen MR) is 91.4 cm³/mol. The standard InChI is InChI=1S/C16H14N6O3S/c1-9-12(10(2)22-16(19-9)17-8-18-22)5-14(23)24-6-13-20-15(21-25-13)11-3-4-26-7-11/h3-4,7-8H,5-6H2,1-2H3. The average molecular weight is 370 g/mol. The Bertz CT molecular complexity index is 1070. The molecule has 0 bridgehead atoms. The van der Waals surface area contributed by atoms with Crippen molar-refractivity contribution in [2.75, 3.05) is 0 Å². The minimum absolute atomic E-state index is 0.0754. The van der Waals surface area contributed by atoms with Crippen LogP contribution in [0.25, 0.3) is 17.2 Å². The van der Waals surface area contributed by atoms with Crippen molar-refractivity contribution in [3.8, 4) is 11.4 Å². The van der Waals surface area contributed by atoms with Gasteiger partial charge in [0, 0.05) is 27.9 Å². The SMILES string of the molecule is Cc1nc2ncnn2c(C)c1CC(=O)OCc1nc(-c2ccsc2)no1. The number of aryl methyl sites for hydroxylation is 2. The number of rotatable bonds is 5. The van der Waals surface area contributed by atoms with Gasteiger partial charge in [-0.15, -0.1) is 0 Å². The second kappa shape index (κ2) is 6.64. The largest absolute Gasteiger partial charge is 0.455 e. The van der Waals surface area contributed by atoms with Crippen LogP contribution in [0.2, 0.25) is 0 Å². The zero-order chi connectivity index (χ0) is 18.1. The first kappa shape index (κ1) is 16.3. The van der Waals surface area contributed by atoms with Crippen molar-refractivity contribution in [2.24, 2.45) is 0 Å². The highest BCUT2D eigenvalue weighted by molar-refractivity contribution is 7.08. The summed E-state index contributed by atoms with van der Waals surface area (Å²) in [7, 11) is 0. The molecule has 0 fully saturated rings. The van der Waals surface area contributed by atoms with Gasteiger partial charge in [0.1, 0.15) is 6.33 Å². The van der Waals surface area contributed by atoms with E-state index in [1.54, 1.807) is 15.9 Å². The number of carbonyl (C=O) groups is 1. The van der Waals surface area contributed by atoms with Gasteiger partial charge < -0.3 is 9.26 Å². The van der Waals surface area contributed by atoms with E-state index in [0.29, 0.717) is 11.6 Å². The first-order valence-corrected chi connectivity index (χ1v) is 8.72. The summed E-state index contributed by atoms with van der Waals surface area (Å²) in [5.41, 5.74) is 3.16. The van der Waals surface area contributed by atoms with Crippen molar-refractivity contribution >= 4 is 23.1 Å². The number of aromatic nitrogens is 6. The van der Waals surface area contributed by atoms with E-state index in [2.05, 4.69) is 25.2 Å². The van der Waals surface area contributed by atoms with Crippen LogP contribution in [0.1, 0.15) is 22.8 Å². The molecule has 0 radical (unpaired) electrons. The lowest BCUT2D eigenvalue weighted by Gasteiger charge is -2.09. The summed E-state index contributed by atoms with van der Waals surface area (Å²) in [6, 6.07) is 1.89. The topological polar surface area (TPSA) is 108 Å². The summed E-state index contributed by atoms with van der Waals surface area (Å²) in [4.78, 5) is 24.8. The molecule has 26 heavy (non-hydrogen) atoms. The number of esters is 1. The minimum Gasteiger partial charge on any atom is -0.455 e. The van der Waals surface area contributed by atoms with Crippen molar-refractivity contribution in [1.29, 1.82) is 0 Å². The van der Waals surface area contributed by atoms with Crippen LogP contribution in [0.3, 0.4) is 0 Å². The highest BCUT2D eigenvalue weighted by Crippen LogP contribution is 2.19. The molecule has 0 aliphatic heterocycles. The van der Waals surface area contributed by atoms with Gasteiger partial charge in [0.05, 0.1) is 6.42 Å². The Morgan fingerprint density at radius 2 is 2.23 bits per heavy atom. The fraction of sp³-hybridized carbons (Fsp3) is 0.250. The third-order valence-electron chi connectivity index (χ3n) is 3.91. The van der Waals surface area contributed by atoms with Crippen molar-refractivity contribution in [1.82, 2.24) is 29.7 Å². The van der Waals surface area contributed by atoms with Crippen LogP contribution in [-0.4, -0.2) is 35.7 Å². The molecule has 0 saturated carbocycles. The molecule has 4 heterocycles. The molecule has 9 nitrogen and oxygen atoms in total. The van der Waals surface area contributed by atoms with E-state index in [-0.39, 0.29) is 18.9 Å². The molecule has 4 rings (SSSR count). The maximum Gasteiger partial charge on any atom is 0.310 e. The molecule has 0 aliphatic rings. The molecular weight excluding hydrogens is 356 g/mol. The molecule has 0 saturated heterocycles. The zero-order valence-electron chi connectivity index (χ0n) is 14.0. The lowest BCUT2D eigenvalue weighted by Crippen LogP contribution is -2.13. The fourth-order valence-corrected chi connectivity index (χ4v) is 3.21. The predicted octanol–water partition coefficient (Wildman–Crippen LogP) is 2.14. The van der Waals surface area contributed by atoms with Crippen LogP contribution < -0.4 is 0 Å². The van der Waals surface area contributed by atoms with Crippen LogP contribution in [0, 0.1) is 13.8 Å². The number of hydrogen-bond acceptors (Lipinski definition) is 9. The summed E-state index contributed by atoms with van der Waals surface area (Å²) >= 11 is 1.54. The van der Waals surface area contributed by atoms with E-state index in [4.69, 9.17) is 9.26 Å². The Morgan fingerprint density at radius 3 is 3.04 bits per heavy atom. The van der Waals surface area contributed by atoms with E-state index in [1.165, 1.54) is 6.33 Å². The highest BCUT2D eigenvalue weighted by Gasteiger charge is 2.16. The first-order valence-electron chi connectivity index (χ1n) is 7.78. The van der Waals surface area contributed by atoms with E-state index < -0.39 is 5.97 Å². The molecule has 10 heteroatoms. The number of hydrogen-bond donors (Lipinski definition) is 0. The average Bonchev–Trinajstić information content (AvgIpc) is 3.37.